The third-order valence-corrected chi connectivity index (χ3v) is 3.70. The van der Waals surface area contributed by atoms with Gasteiger partial charge in [0.15, 0.2) is 0 Å². The van der Waals surface area contributed by atoms with Gasteiger partial charge in [0.1, 0.15) is 18.3 Å². The maximum atomic E-state index is 12.3. The highest BCUT2D eigenvalue weighted by Crippen LogP contribution is 2.23. The average molecular weight is 348 g/mol. The molecule has 1 fully saturated rings. The van der Waals surface area contributed by atoms with Crippen LogP contribution in [0.4, 0.5) is 0 Å². The molecule has 134 valence electrons. The van der Waals surface area contributed by atoms with Gasteiger partial charge in [-0.15, -0.1) is 0 Å². The zero-order valence-electron chi connectivity index (χ0n) is 14.2. The Bertz CT molecular complexity index is 692. The van der Waals surface area contributed by atoms with E-state index in [4.69, 9.17) is 4.42 Å². The first-order valence-corrected chi connectivity index (χ1v) is 7.58. The Morgan fingerprint density at radius 3 is 2.72 bits per heavy atom. The van der Waals surface area contributed by atoms with Crippen LogP contribution in [0.5, 0.6) is 0 Å². The van der Waals surface area contributed by atoms with Crippen molar-refractivity contribution in [2.75, 3.05) is 20.8 Å². The van der Waals surface area contributed by atoms with Gasteiger partial charge in [0.25, 0.3) is 0 Å². The summed E-state index contributed by atoms with van der Waals surface area (Å²) in [5, 5.41) is 2.97. The van der Waals surface area contributed by atoms with Gasteiger partial charge in [0.05, 0.1) is 26.5 Å². The van der Waals surface area contributed by atoms with Crippen molar-refractivity contribution in [1.29, 1.82) is 0 Å². The molecule has 0 saturated carbocycles. The van der Waals surface area contributed by atoms with Crippen LogP contribution in [0.3, 0.4) is 0 Å². The van der Waals surface area contributed by atoms with Gasteiger partial charge in [-0.1, -0.05) is 6.08 Å². The van der Waals surface area contributed by atoms with Gasteiger partial charge in [-0.05, 0) is 25.1 Å². The van der Waals surface area contributed by atoms with Crippen molar-refractivity contribution in [3.8, 4) is 0 Å². The van der Waals surface area contributed by atoms with Gasteiger partial charge in [0.2, 0.25) is 5.91 Å². The number of methoxy groups -OCH3 is 2. The molecule has 8 nitrogen and oxygen atoms in total. The molecular formula is C17H20N2O6. The lowest BCUT2D eigenvalue weighted by Crippen LogP contribution is -2.69. The highest BCUT2D eigenvalue weighted by Gasteiger charge is 2.46. The van der Waals surface area contributed by atoms with Crippen molar-refractivity contribution in [1.82, 2.24) is 10.2 Å². The smallest absolute Gasteiger partial charge is 0.332 e. The normalized spacial score (nSPS) is 20.4. The Labute approximate surface area is 145 Å². The van der Waals surface area contributed by atoms with Crippen LogP contribution in [0.1, 0.15) is 12.7 Å². The Kier molecular flexibility index (Phi) is 5.99. The lowest BCUT2D eigenvalue weighted by molar-refractivity contribution is -0.157. The molecule has 0 spiro atoms. The molecule has 25 heavy (non-hydrogen) atoms. The molecular weight excluding hydrogens is 328 g/mol. The second-order valence-electron chi connectivity index (χ2n) is 5.38. The van der Waals surface area contributed by atoms with E-state index in [1.54, 1.807) is 31.2 Å². The number of likely N-dealkylation sites (tertiary alicyclic amines) is 1. The minimum Gasteiger partial charge on any atom is -0.468 e. The Hall–Kier alpha value is -3.03. The number of furan rings is 1. The van der Waals surface area contributed by atoms with E-state index >= 15 is 0 Å². The predicted molar refractivity (Wildman–Crippen MR) is 88.0 cm³/mol. The van der Waals surface area contributed by atoms with Crippen LogP contribution in [-0.4, -0.2) is 55.6 Å². The van der Waals surface area contributed by atoms with Crippen molar-refractivity contribution in [2.45, 2.75) is 19.0 Å². The fraction of sp³-hybridized carbons (Fsp3) is 0.353. The number of hydrogen-bond acceptors (Lipinski definition) is 7. The number of hydrogen-bond donors (Lipinski definition) is 1. The van der Waals surface area contributed by atoms with E-state index in [0.29, 0.717) is 11.5 Å². The topological polar surface area (TPSA) is 98.1 Å². The van der Waals surface area contributed by atoms with Gasteiger partial charge in [0, 0.05) is 11.8 Å². The van der Waals surface area contributed by atoms with E-state index in [2.05, 4.69) is 14.8 Å². The molecule has 0 unspecified atom stereocenters. The molecule has 0 aromatic carbocycles. The largest absolute Gasteiger partial charge is 0.468 e. The standard InChI is InChI=1S/C17H20N2O6/c1-11(9-14(20)23-2)18-16-13(7-6-12-5-4-8-25-12)19(17(16)22)10-15(21)24-3/h4-9,13,16,18H,10H2,1-3H3/b7-6+,11-9-/t13-,16+/m1/s1. The molecule has 1 saturated heterocycles. The lowest BCUT2D eigenvalue weighted by Gasteiger charge is -2.45. The molecule has 1 aromatic rings. The molecule has 2 heterocycles. The second kappa shape index (κ2) is 8.18. The van der Waals surface area contributed by atoms with E-state index in [1.165, 1.54) is 31.5 Å². The summed E-state index contributed by atoms with van der Waals surface area (Å²) in [6, 6.07) is 2.53. The monoisotopic (exact) mass is 348 g/mol. The molecule has 1 aliphatic rings. The molecule has 1 aromatic heterocycles. The summed E-state index contributed by atoms with van der Waals surface area (Å²) < 4.78 is 14.4. The second-order valence-corrected chi connectivity index (χ2v) is 5.38. The average Bonchev–Trinajstić information content (AvgIpc) is 3.12. The number of ether oxygens (including phenoxy) is 2. The van der Waals surface area contributed by atoms with Crippen molar-refractivity contribution in [2.24, 2.45) is 0 Å². The first-order chi connectivity index (χ1) is 12.0. The van der Waals surface area contributed by atoms with E-state index < -0.39 is 24.0 Å². The van der Waals surface area contributed by atoms with E-state index in [1.807, 2.05) is 0 Å². The Balaban J connectivity index is 2.13. The molecule has 0 radical (unpaired) electrons. The van der Waals surface area contributed by atoms with Gasteiger partial charge >= 0.3 is 11.9 Å². The number of carbonyl (C=O) groups excluding carboxylic acids is 3. The molecule has 1 aliphatic heterocycles. The molecule has 1 amide bonds. The molecule has 0 bridgehead atoms. The predicted octanol–water partition coefficient (Wildman–Crippen LogP) is 0.712. The number of nitrogens with zero attached hydrogens (tertiary/aromatic N) is 1. The summed E-state index contributed by atoms with van der Waals surface area (Å²) in [7, 11) is 2.53. The van der Waals surface area contributed by atoms with E-state index in [9.17, 15) is 14.4 Å². The number of esters is 2. The third kappa shape index (κ3) is 4.50. The van der Waals surface area contributed by atoms with Gasteiger partial charge in [-0.2, -0.15) is 0 Å². The number of amides is 1. The molecule has 0 aliphatic carbocycles. The van der Waals surface area contributed by atoms with Gasteiger partial charge in [-0.25, -0.2) is 4.79 Å². The summed E-state index contributed by atoms with van der Waals surface area (Å²) in [6.45, 7) is 1.50. The van der Waals surface area contributed by atoms with Crippen LogP contribution < -0.4 is 5.32 Å². The fourth-order valence-corrected chi connectivity index (χ4v) is 2.42. The number of carbonyl (C=O) groups is 3. The summed E-state index contributed by atoms with van der Waals surface area (Å²) in [6.07, 6.45) is 6.27. The SMILES string of the molecule is COC(=O)/C=C(/C)N[C@@H]1C(=O)N(CC(=O)OC)[C@@H]1/C=C/c1ccco1. The summed E-state index contributed by atoms with van der Waals surface area (Å²) in [4.78, 5) is 36.5. The fourth-order valence-electron chi connectivity index (χ4n) is 2.42. The minimum absolute atomic E-state index is 0.152. The van der Waals surface area contributed by atoms with Crippen LogP contribution in [0.15, 0.2) is 40.7 Å². The van der Waals surface area contributed by atoms with Crippen LogP contribution in [0.2, 0.25) is 0 Å². The van der Waals surface area contributed by atoms with Crippen LogP contribution >= 0.6 is 0 Å². The minimum atomic E-state index is -0.600. The van der Waals surface area contributed by atoms with Gasteiger partial charge in [-0.3, -0.25) is 9.59 Å². The third-order valence-electron chi connectivity index (χ3n) is 3.70. The van der Waals surface area contributed by atoms with E-state index in [0.717, 1.165) is 0 Å². The Morgan fingerprint density at radius 2 is 2.12 bits per heavy atom. The molecule has 2 atom stereocenters. The van der Waals surface area contributed by atoms with Crippen molar-refractivity contribution in [3.05, 3.63) is 42.0 Å². The first-order valence-electron chi connectivity index (χ1n) is 7.58. The molecule has 2 rings (SSSR count). The number of nitrogens with one attached hydrogen (secondary N) is 1. The van der Waals surface area contributed by atoms with Gasteiger partial charge < -0.3 is 24.1 Å². The summed E-state index contributed by atoms with van der Waals surface area (Å²) >= 11 is 0. The zero-order chi connectivity index (χ0) is 18.4. The lowest BCUT2D eigenvalue weighted by atomic mass is 9.93. The summed E-state index contributed by atoms with van der Waals surface area (Å²) in [5.74, 6) is -0.675. The van der Waals surface area contributed by atoms with Crippen molar-refractivity contribution >= 4 is 23.9 Å². The highest BCUT2D eigenvalue weighted by molar-refractivity contribution is 5.93. The van der Waals surface area contributed by atoms with Crippen LogP contribution in [-0.2, 0) is 23.9 Å². The zero-order valence-corrected chi connectivity index (χ0v) is 14.2. The molecule has 1 N–H and O–H groups in total. The van der Waals surface area contributed by atoms with Crippen molar-refractivity contribution < 1.29 is 28.3 Å². The maximum absolute atomic E-state index is 12.3. The molecule has 8 heteroatoms. The quantitative estimate of drug-likeness (QED) is 0.440. The first kappa shape index (κ1) is 18.3. The Morgan fingerprint density at radius 1 is 1.36 bits per heavy atom. The number of allylic oxidation sites excluding steroid dienone is 1. The number of rotatable bonds is 7. The maximum Gasteiger partial charge on any atom is 0.332 e. The van der Waals surface area contributed by atoms with Crippen LogP contribution in [0.25, 0.3) is 6.08 Å². The highest BCUT2D eigenvalue weighted by atomic mass is 16.5. The number of β-lactam (4-membered cyclic amide) rings is 1. The summed E-state index contributed by atoms with van der Waals surface area (Å²) in [5.41, 5.74) is 0.485. The van der Waals surface area contributed by atoms with Crippen molar-refractivity contribution in [3.63, 3.8) is 0 Å². The van der Waals surface area contributed by atoms with Crippen LogP contribution in [0, 0.1) is 0 Å². The van der Waals surface area contributed by atoms with E-state index in [-0.39, 0.29) is 12.5 Å².